The molecule has 0 radical (unpaired) electrons. The Morgan fingerprint density at radius 3 is 2.33 bits per heavy atom. The summed E-state index contributed by atoms with van der Waals surface area (Å²) in [4.78, 5) is 0. The SMILES string of the molecule is COc1cccc([C@@H](C)NC2CC(C)(C)CC(C)(C)C2)c1. The molecule has 1 saturated carbocycles. The van der Waals surface area contributed by atoms with Crippen LogP contribution in [0.4, 0.5) is 0 Å². The van der Waals surface area contributed by atoms with E-state index in [1.54, 1.807) is 7.11 Å². The Balaban J connectivity index is 2.06. The van der Waals surface area contributed by atoms with Crippen LogP contribution in [0.25, 0.3) is 0 Å². The van der Waals surface area contributed by atoms with Gasteiger partial charge in [-0.05, 0) is 54.7 Å². The molecule has 0 aromatic heterocycles. The molecule has 0 spiro atoms. The number of hydrogen-bond donors (Lipinski definition) is 1. The molecule has 0 saturated heterocycles. The van der Waals surface area contributed by atoms with E-state index in [-0.39, 0.29) is 0 Å². The van der Waals surface area contributed by atoms with Crippen LogP contribution in [-0.2, 0) is 0 Å². The molecule has 2 rings (SSSR count). The van der Waals surface area contributed by atoms with Crippen molar-refractivity contribution in [3.8, 4) is 5.75 Å². The van der Waals surface area contributed by atoms with Crippen molar-refractivity contribution in [2.45, 2.75) is 66.0 Å². The molecular weight excluding hydrogens is 258 g/mol. The summed E-state index contributed by atoms with van der Waals surface area (Å²) >= 11 is 0. The maximum absolute atomic E-state index is 5.33. The Kier molecular flexibility index (Phi) is 4.67. The summed E-state index contributed by atoms with van der Waals surface area (Å²) in [6.07, 6.45) is 3.82. The molecule has 1 N–H and O–H groups in total. The van der Waals surface area contributed by atoms with Crippen LogP contribution in [0.15, 0.2) is 24.3 Å². The van der Waals surface area contributed by atoms with Crippen molar-refractivity contribution in [3.05, 3.63) is 29.8 Å². The Hall–Kier alpha value is -1.02. The van der Waals surface area contributed by atoms with Gasteiger partial charge in [0, 0.05) is 12.1 Å². The molecule has 0 amide bonds. The van der Waals surface area contributed by atoms with Gasteiger partial charge in [0.2, 0.25) is 0 Å². The zero-order valence-electron chi connectivity index (χ0n) is 14.5. The third kappa shape index (κ3) is 4.47. The number of benzene rings is 1. The van der Waals surface area contributed by atoms with E-state index in [0.29, 0.717) is 22.9 Å². The van der Waals surface area contributed by atoms with Gasteiger partial charge in [-0.1, -0.05) is 39.8 Å². The normalized spacial score (nSPS) is 22.8. The van der Waals surface area contributed by atoms with E-state index in [4.69, 9.17) is 4.74 Å². The molecule has 21 heavy (non-hydrogen) atoms. The Morgan fingerprint density at radius 2 is 1.76 bits per heavy atom. The number of ether oxygens (including phenoxy) is 1. The van der Waals surface area contributed by atoms with Crippen LogP contribution in [0.2, 0.25) is 0 Å². The second kappa shape index (κ2) is 6.00. The summed E-state index contributed by atoms with van der Waals surface area (Å²) in [6, 6.07) is 9.33. The van der Waals surface area contributed by atoms with Crippen molar-refractivity contribution in [1.82, 2.24) is 5.32 Å². The smallest absolute Gasteiger partial charge is 0.119 e. The first-order chi connectivity index (χ1) is 9.71. The molecule has 1 fully saturated rings. The molecule has 1 aliphatic rings. The van der Waals surface area contributed by atoms with E-state index >= 15 is 0 Å². The highest BCUT2D eigenvalue weighted by molar-refractivity contribution is 5.30. The van der Waals surface area contributed by atoms with Gasteiger partial charge in [0.15, 0.2) is 0 Å². The fourth-order valence-electron chi connectivity index (χ4n) is 4.32. The standard InChI is InChI=1S/C19H31NO/c1-14(15-8-7-9-17(10-15)21-6)20-16-11-18(2,3)13-19(4,5)12-16/h7-10,14,16,20H,11-13H2,1-6H3/t14-/m1/s1. The lowest BCUT2D eigenvalue weighted by Crippen LogP contribution is -2.44. The van der Waals surface area contributed by atoms with E-state index in [1.165, 1.54) is 24.8 Å². The number of rotatable bonds is 4. The zero-order chi connectivity index (χ0) is 15.7. The van der Waals surface area contributed by atoms with Crippen molar-refractivity contribution >= 4 is 0 Å². The highest BCUT2D eigenvalue weighted by Gasteiger charge is 2.38. The first kappa shape index (κ1) is 16.4. The zero-order valence-corrected chi connectivity index (χ0v) is 14.5. The molecule has 0 aliphatic heterocycles. The predicted octanol–water partition coefficient (Wildman–Crippen LogP) is 4.95. The topological polar surface area (TPSA) is 21.3 Å². The minimum Gasteiger partial charge on any atom is -0.497 e. The second-order valence-electron chi connectivity index (χ2n) is 8.28. The van der Waals surface area contributed by atoms with Crippen LogP contribution in [-0.4, -0.2) is 13.2 Å². The molecule has 0 bridgehead atoms. The summed E-state index contributed by atoms with van der Waals surface area (Å²) < 4.78 is 5.33. The fraction of sp³-hybridized carbons (Fsp3) is 0.684. The lowest BCUT2D eigenvalue weighted by Gasteiger charge is -2.46. The lowest BCUT2D eigenvalue weighted by atomic mass is 9.63. The highest BCUT2D eigenvalue weighted by atomic mass is 16.5. The van der Waals surface area contributed by atoms with Crippen LogP contribution in [0.5, 0.6) is 5.75 Å². The first-order valence-corrected chi connectivity index (χ1v) is 8.11. The van der Waals surface area contributed by atoms with E-state index < -0.39 is 0 Å². The third-order valence-corrected chi connectivity index (χ3v) is 4.63. The maximum Gasteiger partial charge on any atom is 0.119 e. The monoisotopic (exact) mass is 289 g/mol. The number of methoxy groups -OCH3 is 1. The Labute approximate surface area is 130 Å². The second-order valence-corrected chi connectivity index (χ2v) is 8.28. The lowest BCUT2D eigenvalue weighted by molar-refractivity contribution is 0.0811. The number of nitrogens with one attached hydrogen (secondary N) is 1. The van der Waals surface area contributed by atoms with E-state index in [0.717, 1.165) is 5.75 Å². The van der Waals surface area contributed by atoms with Crippen LogP contribution in [0.3, 0.4) is 0 Å². The van der Waals surface area contributed by atoms with Gasteiger partial charge in [-0.25, -0.2) is 0 Å². The van der Waals surface area contributed by atoms with E-state index in [9.17, 15) is 0 Å². The maximum atomic E-state index is 5.33. The predicted molar refractivity (Wildman–Crippen MR) is 89.7 cm³/mol. The third-order valence-electron chi connectivity index (χ3n) is 4.63. The molecule has 2 nitrogen and oxygen atoms in total. The summed E-state index contributed by atoms with van der Waals surface area (Å²) in [6.45, 7) is 11.9. The first-order valence-electron chi connectivity index (χ1n) is 8.11. The fourth-order valence-corrected chi connectivity index (χ4v) is 4.32. The van der Waals surface area contributed by atoms with Crippen molar-refractivity contribution in [2.24, 2.45) is 10.8 Å². The quantitative estimate of drug-likeness (QED) is 0.846. The van der Waals surface area contributed by atoms with Crippen molar-refractivity contribution in [1.29, 1.82) is 0 Å². The van der Waals surface area contributed by atoms with Crippen LogP contribution in [0.1, 0.15) is 65.5 Å². The molecular formula is C19H31NO. The largest absolute Gasteiger partial charge is 0.497 e. The van der Waals surface area contributed by atoms with Crippen molar-refractivity contribution in [3.63, 3.8) is 0 Å². The highest BCUT2D eigenvalue weighted by Crippen LogP contribution is 2.46. The van der Waals surface area contributed by atoms with Gasteiger partial charge in [-0.15, -0.1) is 0 Å². The summed E-state index contributed by atoms with van der Waals surface area (Å²) in [7, 11) is 1.73. The average molecular weight is 289 g/mol. The molecule has 0 unspecified atom stereocenters. The van der Waals surface area contributed by atoms with Crippen molar-refractivity contribution in [2.75, 3.05) is 7.11 Å². The molecule has 2 heteroatoms. The Bertz CT molecular complexity index is 462. The van der Waals surface area contributed by atoms with Gasteiger partial charge in [-0.3, -0.25) is 0 Å². The molecule has 118 valence electrons. The summed E-state index contributed by atoms with van der Waals surface area (Å²) in [5.41, 5.74) is 2.15. The molecule has 1 aromatic carbocycles. The Morgan fingerprint density at radius 1 is 1.14 bits per heavy atom. The van der Waals surface area contributed by atoms with Crippen LogP contribution < -0.4 is 10.1 Å². The minimum atomic E-state index is 0.356. The minimum absolute atomic E-state index is 0.356. The van der Waals surface area contributed by atoms with E-state index in [2.05, 4.69) is 58.1 Å². The summed E-state index contributed by atoms with van der Waals surface area (Å²) in [5.74, 6) is 0.936. The van der Waals surface area contributed by atoms with E-state index in [1.807, 2.05) is 6.07 Å². The van der Waals surface area contributed by atoms with Gasteiger partial charge in [0.25, 0.3) is 0 Å². The van der Waals surface area contributed by atoms with Gasteiger partial charge in [0.1, 0.15) is 5.75 Å². The van der Waals surface area contributed by atoms with Crippen LogP contribution in [0, 0.1) is 10.8 Å². The summed E-state index contributed by atoms with van der Waals surface area (Å²) in [5, 5.41) is 3.84. The molecule has 1 atom stereocenters. The molecule has 0 heterocycles. The van der Waals surface area contributed by atoms with Crippen molar-refractivity contribution < 1.29 is 4.74 Å². The van der Waals surface area contributed by atoms with Gasteiger partial charge in [0.05, 0.1) is 7.11 Å². The van der Waals surface area contributed by atoms with Crippen LogP contribution >= 0.6 is 0 Å². The molecule has 1 aromatic rings. The number of hydrogen-bond acceptors (Lipinski definition) is 2. The van der Waals surface area contributed by atoms with Gasteiger partial charge < -0.3 is 10.1 Å². The molecule has 1 aliphatic carbocycles. The van der Waals surface area contributed by atoms with Gasteiger partial charge >= 0.3 is 0 Å². The average Bonchev–Trinajstić information content (AvgIpc) is 2.35. The van der Waals surface area contributed by atoms with Gasteiger partial charge in [-0.2, -0.15) is 0 Å².